The Morgan fingerprint density at radius 1 is 1.10 bits per heavy atom. The summed E-state index contributed by atoms with van der Waals surface area (Å²) in [7, 11) is -1.31. The molecule has 1 aliphatic rings. The molecule has 42 heavy (non-hydrogen) atoms. The summed E-state index contributed by atoms with van der Waals surface area (Å²) >= 11 is 0. The predicted octanol–water partition coefficient (Wildman–Crippen LogP) is 7.60. The highest BCUT2D eigenvalue weighted by Gasteiger charge is 2.43. The van der Waals surface area contributed by atoms with E-state index >= 15 is 0 Å². The van der Waals surface area contributed by atoms with Crippen molar-refractivity contribution in [2.24, 2.45) is 11.8 Å². The predicted molar refractivity (Wildman–Crippen MR) is 174 cm³/mol. The molecule has 5 nitrogen and oxygen atoms in total. The number of aliphatic hydroxyl groups excluding tert-OH is 1. The Labute approximate surface area is 254 Å². The first kappa shape index (κ1) is 33.8. The van der Waals surface area contributed by atoms with Gasteiger partial charge in [0.15, 0.2) is 5.79 Å². The standard InChI is InChI=1S/C36H50O5Si/c1-25(2)29(24-28-14-11-10-12-15-28)18-19-31(37)34-32(40-36(5,6)41-34)17-13-16-30-23-26(3)22-27(4)33(30)35(38)39-20-21-42(7,8)9/h10-16,22-23,25,29,31-32,34,37H,17,20-21,24H2,1-9H3/b16-13+/t29?,31?,32-,34+/m0/s1. The Morgan fingerprint density at radius 3 is 2.43 bits per heavy atom. The van der Waals surface area contributed by atoms with Crippen LogP contribution in [0, 0.1) is 37.5 Å². The van der Waals surface area contributed by atoms with Gasteiger partial charge in [0.25, 0.3) is 0 Å². The van der Waals surface area contributed by atoms with Gasteiger partial charge in [-0.1, -0.05) is 106 Å². The van der Waals surface area contributed by atoms with Crippen molar-refractivity contribution in [3.8, 4) is 11.8 Å². The molecule has 2 aromatic rings. The van der Waals surface area contributed by atoms with Crippen molar-refractivity contribution < 1.29 is 24.1 Å². The number of aryl methyl sites for hydroxylation is 2. The summed E-state index contributed by atoms with van der Waals surface area (Å²) in [5.74, 6) is 5.76. The Hall–Kier alpha value is -2.69. The van der Waals surface area contributed by atoms with Crippen LogP contribution in [0.5, 0.6) is 0 Å². The first-order chi connectivity index (χ1) is 19.6. The van der Waals surface area contributed by atoms with Gasteiger partial charge in [-0.3, -0.25) is 0 Å². The van der Waals surface area contributed by atoms with Crippen LogP contribution in [0.2, 0.25) is 25.7 Å². The molecule has 2 aromatic carbocycles. The molecule has 1 aliphatic heterocycles. The molecule has 1 saturated heterocycles. The number of esters is 1. The zero-order valence-corrected chi connectivity index (χ0v) is 28.0. The van der Waals surface area contributed by atoms with Crippen LogP contribution in [0.4, 0.5) is 0 Å². The number of aliphatic hydroxyl groups is 1. The topological polar surface area (TPSA) is 65.0 Å². The average molecular weight is 591 g/mol. The largest absolute Gasteiger partial charge is 0.462 e. The second kappa shape index (κ2) is 14.7. The van der Waals surface area contributed by atoms with Crippen molar-refractivity contribution in [1.82, 2.24) is 0 Å². The molecule has 0 aliphatic carbocycles. The number of rotatable bonds is 11. The van der Waals surface area contributed by atoms with Crippen LogP contribution >= 0.6 is 0 Å². The normalized spacial score (nSPS) is 19.9. The summed E-state index contributed by atoms with van der Waals surface area (Å²) in [4.78, 5) is 13.1. The Kier molecular flexibility index (Phi) is 11.8. The molecule has 0 spiro atoms. The monoisotopic (exact) mass is 590 g/mol. The summed E-state index contributed by atoms with van der Waals surface area (Å²) in [6.07, 6.45) is 3.31. The minimum Gasteiger partial charge on any atom is -0.462 e. The maximum atomic E-state index is 13.1. The van der Waals surface area contributed by atoms with Crippen LogP contribution in [-0.4, -0.2) is 49.9 Å². The van der Waals surface area contributed by atoms with Crippen molar-refractivity contribution in [1.29, 1.82) is 0 Å². The molecule has 228 valence electrons. The maximum absolute atomic E-state index is 13.1. The van der Waals surface area contributed by atoms with E-state index < -0.39 is 26.1 Å². The third-order valence-electron chi connectivity index (χ3n) is 7.52. The van der Waals surface area contributed by atoms with Crippen molar-refractivity contribution in [3.05, 3.63) is 76.4 Å². The van der Waals surface area contributed by atoms with E-state index in [0.29, 0.717) is 24.5 Å². The molecule has 4 atom stereocenters. The van der Waals surface area contributed by atoms with Gasteiger partial charge in [0, 0.05) is 14.0 Å². The van der Waals surface area contributed by atoms with Crippen molar-refractivity contribution in [2.75, 3.05) is 6.61 Å². The SMILES string of the molecule is Cc1cc(C)c(C(=O)OCC[Si](C)(C)C)c(/C=C/C[C@@H]2OC(C)(C)O[C@@H]2C(O)C#CC(Cc2ccccc2)C(C)C)c1. The minimum absolute atomic E-state index is 0.115. The molecule has 0 aromatic heterocycles. The summed E-state index contributed by atoms with van der Waals surface area (Å²) in [5, 5.41) is 11.1. The second-order valence-electron chi connectivity index (χ2n) is 13.5. The van der Waals surface area contributed by atoms with Crippen LogP contribution in [-0.2, 0) is 20.6 Å². The summed E-state index contributed by atoms with van der Waals surface area (Å²) < 4.78 is 18.0. The Morgan fingerprint density at radius 2 is 1.79 bits per heavy atom. The van der Waals surface area contributed by atoms with Gasteiger partial charge in [-0.15, -0.1) is 0 Å². The molecule has 0 bridgehead atoms. The van der Waals surface area contributed by atoms with Crippen LogP contribution < -0.4 is 0 Å². The van der Waals surface area contributed by atoms with Crippen LogP contribution in [0.3, 0.4) is 0 Å². The summed E-state index contributed by atoms with van der Waals surface area (Å²) in [6.45, 7) is 19.2. The van der Waals surface area contributed by atoms with Gasteiger partial charge in [0.2, 0.25) is 0 Å². The second-order valence-corrected chi connectivity index (χ2v) is 19.2. The lowest BCUT2D eigenvalue weighted by molar-refractivity contribution is -0.151. The van der Waals surface area contributed by atoms with E-state index in [1.807, 2.05) is 70.2 Å². The first-order valence-corrected chi connectivity index (χ1v) is 18.9. The van der Waals surface area contributed by atoms with E-state index in [9.17, 15) is 9.90 Å². The van der Waals surface area contributed by atoms with Crippen LogP contribution in [0.15, 0.2) is 48.5 Å². The summed E-state index contributed by atoms with van der Waals surface area (Å²) in [6, 6.07) is 15.3. The fraction of sp³-hybridized carbons (Fsp3) is 0.528. The van der Waals surface area contributed by atoms with Crippen molar-refractivity contribution in [2.45, 2.75) is 104 Å². The molecule has 3 rings (SSSR count). The number of carbonyl (C=O) groups excluding carboxylic acids is 1. The Balaban J connectivity index is 1.74. The number of benzene rings is 2. The van der Waals surface area contributed by atoms with Gasteiger partial charge in [-0.25, -0.2) is 4.79 Å². The first-order valence-electron chi connectivity index (χ1n) is 15.2. The zero-order valence-electron chi connectivity index (χ0n) is 27.0. The zero-order chi connectivity index (χ0) is 31.1. The van der Waals surface area contributed by atoms with Gasteiger partial charge in [0.1, 0.15) is 12.2 Å². The van der Waals surface area contributed by atoms with E-state index in [0.717, 1.165) is 29.2 Å². The third kappa shape index (κ3) is 10.2. The number of carbonyl (C=O) groups is 1. The highest BCUT2D eigenvalue weighted by Crippen LogP contribution is 2.32. The molecule has 2 unspecified atom stereocenters. The van der Waals surface area contributed by atoms with Gasteiger partial charge in [-0.05, 0) is 69.2 Å². The molecular formula is C36H50O5Si. The summed E-state index contributed by atoms with van der Waals surface area (Å²) in [5.41, 5.74) is 4.62. The van der Waals surface area contributed by atoms with Crippen molar-refractivity contribution in [3.63, 3.8) is 0 Å². The molecule has 0 saturated carbocycles. The van der Waals surface area contributed by atoms with Crippen molar-refractivity contribution >= 4 is 20.1 Å². The lowest BCUT2D eigenvalue weighted by atomic mass is 9.89. The number of hydrogen-bond donors (Lipinski definition) is 1. The molecule has 1 heterocycles. The quantitative estimate of drug-likeness (QED) is 0.166. The molecule has 0 radical (unpaired) electrons. The van der Waals surface area contributed by atoms with E-state index in [1.165, 1.54) is 5.56 Å². The molecule has 1 N–H and O–H groups in total. The number of hydrogen-bond acceptors (Lipinski definition) is 5. The lowest BCUT2D eigenvalue weighted by Gasteiger charge is -2.19. The van der Waals surface area contributed by atoms with Crippen LogP contribution in [0.25, 0.3) is 6.08 Å². The van der Waals surface area contributed by atoms with E-state index in [1.54, 1.807) is 0 Å². The van der Waals surface area contributed by atoms with Gasteiger partial charge in [0.05, 0.1) is 18.3 Å². The fourth-order valence-corrected chi connectivity index (χ4v) is 5.89. The smallest absolute Gasteiger partial charge is 0.338 e. The van der Waals surface area contributed by atoms with E-state index in [-0.39, 0.29) is 18.0 Å². The highest BCUT2D eigenvalue weighted by molar-refractivity contribution is 6.76. The van der Waals surface area contributed by atoms with Gasteiger partial charge >= 0.3 is 5.97 Å². The highest BCUT2D eigenvalue weighted by atomic mass is 28.3. The third-order valence-corrected chi connectivity index (χ3v) is 9.22. The maximum Gasteiger partial charge on any atom is 0.338 e. The Bertz CT molecular complexity index is 1280. The minimum atomic E-state index is -1.31. The van der Waals surface area contributed by atoms with Gasteiger partial charge in [-0.2, -0.15) is 0 Å². The van der Waals surface area contributed by atoms with Crippen LogP contribution in [0.1, 0.15) is 66.7 Å². The molecule has 6 heteroatoms. The molecule has 1 fully saturated rings. The average Bonchev–Trinajstić information content (AvgIpc) is 3.19. The lowest BCUT2D eigenvalue weighted by Crippen LogP contribution is -2.34. The van der Waals surface area contributed by atoms with E-state index in [2.05, 4.69) is 57.5 Å². The molecule has 0 amide bonds. The fourth-order valence-electron chi connectivity index (χ4n) is 5.17. The molecular weight excluding hydrogens is 540 g/mol. The number of ether oxygens (including phenoxy) is 3. The van der Waals surface area contributed by atoms with Gasteiger partial charge < -0.3 is 19.3 Å². The van der Waals surface area contributed by atoms with E-state index in [4.69, 9.17) is 14.2 Å².